The van der Waals surface area contributed by atoms with Crippen molar-refractivity contribution in [3.8, 4) is 0 Å². The molecule has 5 heteroatoms. The molecule has 0 N–H and O–H groups in total. The van der Waals surface area contributed by atoms with Crippen LogP contribution in [0.5, 0.6) is 0 Å². The van der Waals surface area contributed by atoms with Gasteiger partial charge in [0.1, 0.15) is 5.69 Å². The van der Waals surface area contributed by atoms with Gasteiger partial charge in [0.25, 0.3) is 5.91 Å². The number of hydrogen-bond acceptors (Lipinski definition) is 4. The van der Waals surface area contributed by atoms with Gasteiger partial charge < -0.3 is 14.4 Å². The zero-order valence-corrected chi connectivity index (χ0v) is 12.0. The first kappa shape index (κ1) is 14.9. The molecular formula is C15H22N2O3. The fourth-order valence-electron chi connectivity index (χ4n) is 2.35. The van der Waals surface area contributed by atoms with Gasteiger partial charge in [-0.15, -0.1) is 0 Å². The Labute approximate surface area is 119 Å². The standard InChI is InChI=1S/C15H22N2O3/c1-19-10-11-20-12-13-5-8-17(9-6-13)15(18)14-4-2-3-7-16-14/h2-4,7,13H,5-6,8-12H2,1H3. The van der Waals surface area contributed by atoms with Gasteiger partial charge in [-0.05, 0) is 30.9 Å². The van der Waals surface area contributed by atoms with Gasteiger partial charge in [0, 0.05) is 33.0 Å². The Morgan fingerprint density at radius 2 is 2.15 bits per heavy atom. The van der Waals surface area contributed by atoms with Crippen LogP contribution < -0.4 is 0 Å². The number of aromatic nitrogens is 1. The van der Waals surface area contributed by atoms with Gasteiger partial charge in [0.15, 0.2) is 0 Å². The summed E-state index contributed by atoms with van der Waals surface area (Å²) in [4.78, 5) is 18.2. The molecule has 20 heavy (non-hydrogen) atoms. The summed E-state index contributed by atoms with van der Waals surface area (Å²) in [6, 6.07) is 5.43. The van der Waals surface area contributed by atoms with E-state index in [2.05, 4.69) is 4.98 Å². The number of likely N-dealkylation sites (tertiary alicyclic amines) is 1. The number of rotatable bonds is 6. The molecule has 0 atom stereocenters. The van der Waals surface area contributed by atoms with Crippen molar-refractivity contribution in [2.45, 2.75) is 12.8 Å². The lowest BCUT2D eigenvalue weighted by atomic mass is 9.97. The molecule has 0 bridgehead atoms. The van der Waals surface area contributed by atoms with Crippen LogP contribution in [-0.2, 0) is 9.47 Å². The average molecular weight is 278 g/mol. The SMILES string of the molecule is COCCOCC1CCN(C(=O)c2ccccn2)CC1. The molecule has 1 saturated heterocycles. The minimum absolute atomic E-state index is 0.0318. The van der Waals surface area contributed by atoms with Crippen molar-refractivity contribution in [3.63, 3.8) is 0 Å². The number of nitrogens with zero attached hydrogens (tertiary/aromatic N) is 2. The largest absolute Gasteiger partial charge is 0.382 e. The fourth-order valence-corrected chi connectivity index (χ4v) is 2.35. The molecule has 1 fully saturated rings. The number of carbonyl (C=O) groups is 1. The number of pyridine rings is 1. The maximum Gasteiger partial charge on any atom is 0.272 e. The van der Waals surface area contributed by atoms with Crippen LogP contribution in [0.3, 0.4) is 0 Å². The highest BCUT2D eigenvalue weighted by Gasteiger charge is 2.24. The molecule has 5 nitrogen and oxygen atoms in total. The second-order valence-electron chi connectivity index (χ2n) is 5.02. The Morgan fingerprint density at radius 1 is 1.35 bits per heavy atom. The fraction of sp³-hybridized carbons (Fsp3) is 0.600. The van der Waals surface area contributed by atoms with E-state index in [4.69, 9.17) is 9.47 Å². The van der Waals surface area contributed by atoms with E-state index in [0.717, 1.165) is 32.5 Å². The molecule has 1 aliphatic rings. The summed E-state index contributed by atoms with van der Waals surface area (Å²) in [6.07, 6.45) is 3.64. The topological polar surface area (TPSA) is 51.7 Å². The molecule has 0 aromatic carbocycles. The van der Waals surface area contributed by atoms with Gasteiger partial charge in [-0.3, -0.25) is 9.78 Å². The molecule has 0 aliphatic carbocycles. The Balaban J connectivity index is 1.73. The molecule has 2 rings (SSSR count). The van der Waals surface area contributed by atoms with Gasteiger partial charge in [0.2, 0.25) is 0 Å². The van der Waals surface area contributed by atoms with Crippen molar-refractivity contribution in [3.05, 3.63) is 30.1 Å². The van der Waals surface area contributed by atoms with Crippen molar-refractivity contribution in [1.29, 1.82) is 0 Å². The van der Waals surface area contributed by atoms with Crippen LogP contribution in [-0.4, -0.2) is 55.8 Å². The smallest absolute Gasteiger partial charge is 0.272 e. The lowest BCUT2D eigenvalue weighted by Gasteiger charge is -2.31. The second-order valence-corrected chi connectivity index (χ2v) is 5.02. The van der Waals surface area contributed by atoms with Gasteiger partial charge in [-0.1, -0.05) is 6.07 Å². The van der Waals surface area contributed by atoms with E-state index in [9.17, 15) is 4.79 Å². The zero-order valence-electron chi connectivity index (χ0n) is 12.0. The summed E-state index contributed by atoms with van der Waals surface area (Å²) in [7, 11) is 1.67. The Kier molecular flexibility index (Phi) is 5.95. The number of methoxy groups -OCH3 is 1. The Hall–Kier alpha value is -1.46. The maximum absolute atomic E-state index is 12.2. The predicted octanol–water partition coefficient (Wildman–Crippen LogP) is 1.60. The highest BCUT2D eigenvalue weighted by molar-refractivity contribution is 5.92. The number of ether oxygens (including phenoxy) is 2. The molecular weight excluding hydrogens is 256 g/mol. The van der Waals surface area contributed by atoms with Crippen molar-refractivity contribution >= 4 is 5.91 Å². The van der Waals surface area contributed by atoms with Crippen molar-refractivity contribution < 1.29 is 14.3 Å². The first-order chi connectivity index (χ1) is 9.81. The highest BCUT2D eigenvalue weighted by atomic mass is 16.5. The van der Waals surface area contributed by atoms with E-state index in [0.29, 0.717) is 24.8 Å². The zero-order chi connectivity index (χ0) is 14.2. The third kappa shape index (κ3) is 4.28. The van der Waals surface area contributed by atoms with Crippen LogP contribution in [0, 0.1) is 5.92 Å². The van der Waals surface area contributed by atoms with Crippen LogP contribution >= 0.6 is 0 Å². The summed E-state index contributed by atoms with van der Waals surface area (Å²) in [5.74, 6) is 0.573. The summed E-state index contributed by atoms with van der Waals surface area (Å²) >= 11 is 0. The number of amides is 1. The normalized spacial score (nSPS) is 16.4. The molecule has 0 unspecified atom stereocenters. The molecule has 0 spiro atoms. The predicted molar refractivity (Wildman–Crippen MR) is 75.6 cm³/mol. The molecule has 0 radical (unpaired) electrons. The average Bonchev–Trinajstić information content (AvgIpc) is 2.52. The van der Waals surface area contributed by atoms with Crippen molar-refractivity contribution in [1.82, 2.24) is 9.88 Å². The van der Waals surface area contributed by atoms with Gasteiger partial charge in [-0.25, -0.2) is 0 Å². The highest BCUT2D eigenvalue weighted by Crippen LogP contribution is 2.18. The second kappa shape index (κ2) is 7.97. The van der Waals surface area contributed by atoms with Gasteiger partial charge >= 0.3 is 0 Å². The molecule has 1 aromatic rings. The first-order valence-electron chi connectivity index (χ1n) is 7.08. The van der Waals surface area contributed by atoms with Gasteiger partial charge in [0.05, 0.1) is 13.2 Å². The van der Waals surface area contributed by atoms with Gasteiger partial charge in [-0.2, -0.15) is 0 Å². The number of piperidine rings is 1. The Morgan fingerprint density at radius 3 is 2.80 bits per heavy atom. The number of hydrogen-bond donors (Lipinski definition) is 0. The quantitative estimate of drug-likeness (QED) is 0.742. The van der Waals surface area contributed by atoms with Crippen molar-refractivity contribution in [2.75, 3.05) is 40.0 Å². The first-order valence-corrected chi connectivity index (χ1v) is 7.08. The molecule has 110 valence electrons. The van der Waals surface area contributed by atoms with E-state index in [1.807, 2.05) is 17.0 Å². The molecule has 1 aromatic heterocycles. The van der Waals surface area contributed by atoms with Crippen LogP contribution in [0.1, 0.15) is 23.3 Å². The van der Waals surface area contributed by atoms with E-state index >= 15 is 0 Å². The minimum atomic E-state index is 0.0318. The van der Waals surface area contributed by atoms with E-state index in [1.54, 1.807) is 19.4 Å². The van der Waals surface area contributed by atoms with E-state index in [-0.39, 0.29) is 5.91 Å². The van der Waals surface area contributed by atoms with Crippen LogP contribution in [0.4, 0.5) is 0 Å². The third-order valence-electron chi connectivity index (χ3n) is 3.57. The van der Waals surface area contributed by atoms with Crippen LogP contribution in [0.15, 0.2) is 24.4 Å². The molecule has 2 heterocycles. The van der Waals surface area contributed by atoms with Crippen LogP contribution in [0.2, 0.25) is 0 Å². The monoisotopic (exact) mass is 278 g/mol. The lowest BCUT2D eigenvalue weighted by molar-refractivity contribution is 0.0326. The molecule has 1 amide bonds. The summed E-state index contributed by atoms with van der Waals surface area (Å²) in [5, 5.41) is 0. The molecule has 0 saturated carbocycles. The summed E-state index contributed by atoms with van der Waals surface area (Å²) in [5.41, 5.74) is 0.530. The Bertz CT molecular complexity index is 403. The van der Waals surface area contributed by atoms with Crippen LogP contribution in [0.25, 0.3) is 0 Å². The minimum Gasteiger partial charge on any atom is -0.382 e. The lowest BCUT2D eigenvalue weighted by Crippen LogP contribution is -2.39. The van der Waals surface area contributed by atoms with E-state index in [1.165, 1.54) is 0 Å². The molecule has 1 aliphatic heterocycles. The maximum atomic E-state index is 12.2. The summed E-state index contributed by atoms with van der Waals surface area (Å²) < 4.78 is 10.5. The summed E-state index contributed by atoms with van der Waals surface area (Å²) in [6.45, 7) is 3.61. The third-order valence-corrected chi connectivity index (χ3v) is 3.57. The number of carbonyl (C=O) groups excluding carboxylic acids is 1. The van der Waals surface area contributed by atoms with Crippen molar-refractivity contribution in [2.24, 2.45) is 5.92 Å². The van der Waals surface area contributed by atoms with E-state index < -0.39 is 0 Å².